The first-order chi connectivity index (χ1) is 8.08. The van der Waals surface area contributed by atoms with E-state index in [4.69, 9.17) is 4.74 Å². The lowest BCUT2D eigenvalue weighted by Gasteiger charge is -2.19. The summed E-state index contributed by atoms with van der Waals surface area (Å²) in [5, 5.41) is 9.25. The number of ether oxygens (including phenoxy) is 1. The summed E-state index contributed by atoms with van der Waals surface area (Å²) in [7, 11) is 0. The number of carbonyl (C=O) groups is 2. The molecule has 1 N–H and O–H groups in total. The minimum Gasteiger partial charge on any atom is -0.462 e. The number of ketones is 1. The Balaban J connectivity index is 2.46. The van der Waals surface area contributed by atoms with E-state index < -0.39 is 0 Å². The SMILES string of the molecule is CCCCC(=O)[C@H](CO)C[C@@H]1OC(=O)C[C@H]1C. The molecule has 0 aromatic rings. The zero-order chi connectivity index (χ0) is 12.8. The van der Waals surface area contributed by atoms with Crippen molar-refractivity contribution in [2.24, 2.45) is 11.8 Å². The molecule has 17 heavy (non-hydrogen) atoms. The number of Topliss-reactive ketones (excluding diaryl/α,β-unsaturated/α-hetero) is 1. The lowest BCUT2D eigenvalue weighted by molar-refractivity contribution is -0.143. The summed E-state index contributed by atoms with van der Waals surface area (Å²) < 4.78 is 5.16. The van der Waals surface area contributed by atoms with Crippen LogP contribution in [-0.2, 0) is 14.3 Å². The van der Waals surface area contributed by atoms with Crippen molar-refractivity contribution in [3.63, 3.8) is 0 Å². The molecule has 1 aliphatic rings. The van der Waals surface area contributed by atoms with Gasteiger partial charge in [0, 0.05) is 18.3 Å². The molecule has 0 radical (unpaired) electrons. The number of aliphatic hydroxyl groups is 1. The van der Waals surface area contributed by atoms with Gasteiger partial charge in [0.2, 0.25) is 0 Å². The van der Waals surface area contributed by atoms with E-state index in [1.165, 1.54) is 0 Å². The van der Waals surface area contributed by atoms with Crippen LogP contribution in [-0.4, -0.2) is 29.6 Å². The number of esters is 1. The van der Waals surface area contributed by atoms with Crippen LogP contribution in [0.25, 0.3) is 0 Å². The quantitative estimate of drug-likeness (QED) is 0.690. The van der Waals surface area contributed by atoms with Crippen molar-refractivity contribution in [3.05, 3.63) is 0 Å². The molecule has 4 nitrogen and oxygen atoms in total. The van der Waals surface area contributed by atoms with Crippen molar-refractivity contribution in [2.45, 2.75) is 52.1 Å². The molecule has 0 aromatic carbocycles. The molecule has 98 valence electrons. The van der Waals surface area contributed by atoms with Crippen LogP contribution >= 0.6 is 0 Å². The van der Waals surface area contributed by atoms with E-state index in [-0.39, 0.29) is 36.3 Å². The van der Waals surface area contributed by atoms with Gasteiger partial charge in [0.1, 0.15) is 11.9 Å². The lowest BCUT2D eigenvalue weighted by Crippen LogP contribution is -2.26. The average molecular weight is 242 g/mol. The number of hydrogen-bond donors (Lipinski definition) is 1. The number of aliphatic hydroxyl groups excluding tert-OH is 1. The maximum absolute atomic E-state index is 11.8. The predicted octanol–water partition coefficient (Wildman–Crippen LogP) is 1.70. The molecule has 0 aliphatic carbocycles. The second-order valence-electron chi connectivity index (χ2n) is 4.89. The van der Waals surface area contributed by atoms with Crippen LogP contribution in [0.4, 0.5) is 0 Å². The molecular formula is C13H22O4. The fraction of sp³-hybridized carbons (Fsp3) is 0.846. The standard InChI is InChI=1S/C13H22O4/c1-3-4-5-11(15)10(8-14)7-12-9(2)6-13(16)17-12/h9-10,12,14H,3-8H2,1-2H3/t9-,10+,12+/m1/s1. The fourth-order valence-electron chi connectivity index (χ4n) is 2.15. The molecule has 0 saturated carbocycles. The Hall–Kier alpha value is -0.900. The summed E-state index contributed by atoms with van der Waals surface area (Å²) in [5.41, 5.74) is 0. The van der Waals surface area contributed by atoms with E-state index in [0.29, 0.717) is 19.3 Å². The van der Waals surface area contributed by atoms with Gasteiger partial charge in [-0.2, -0.15) is 0 Å². The molecule has 0 aromatic heterocycles. The maximum atomic E-state index is 11.8. The van der Waals surface area contributed by atoms with E-state index in [1.54, 1.807) is 0 Å². The van der Waals surface area contributed by atoms with Crippen LogP contribution in [0, 0.1) is 11.8 Å². The van der Waals surface area contributed by atoms with Crippen molar-refractivity contribution >= 4 is 11.8 Å². The van der Waals surface area contributed by atoms with Gasteiger partial charge in [-0.15, -0.1) is 0 Å². The highest BCUT2D eigenvalue weighted by Gasteiger charge is 2.34. The number of unbranched alkanes of at least 4 members (excludes halogenated alkanes) is 1. The summed E-state index contributed by atoms with van der Waals surface area (Å²) in [4.78, 5) is 22.9. The highest BCUT2D eigenvalue weighted by atomic mass is 16.5. The molecule has 0 spiro atoms. The molecule has 3 atom stereocenters. The van der Waals surface area contributed by atoms with Gasteiger partial charge in [0.25, 0.3) is 0 Å². The van der Waals surface area contributed by atoms with Crippen molar-refractivity contribution in [3.8, 4) is 0 Å². The monoisotopic (exact) mass is 242 g/mol. The van der Waals surface area contributed by atoms with Crippen LogP contribution < -0.4 is 0 Å². The van der Waals surface area contributed by atoms with E-state index in [1.807, 2.05) is 13.8 Å². The summed E-state index contributed by atoms with van der Waals surface area (Å²) in [6, 6.07) is 0. The Morgan fingerprint density at radius 1 is 1.59 bits per heavy atom. The zero-order valence-corrected chi connectivity index (χ0v) is 10.6. The van der Waals surface area contributed by atoms with Crippen molar-refractivity contribution in [2.75, 3.05) is 6.61 Å². The molecule has 0 unspecified atom stereocenters. The predicted molar refractivity (Wildman–Crippen MR) is 63.4 cm³/mol. The lowest BCUT2D eigenvalue weighted by atomic mass is 9.90. The van der Waals surface area contributed by atoms with Crippen molar-refractivity contribution in [1.82, 2.24) is 0 Å². The normalized spacial score (nSPS) is 25.7. The first kappa shape index (κ1) is 14.2. The number of hydrogen-bond acceptors (Lipinski definition) is 4. The van der Waals surface area contributed by atoms with Gasteiger partial charge in [0.05, 0.1) is 13.0 Å². The second kappa shape index (κ2) is 6.74. The molecule has 1 saturated heterocycles. The van der Waals surface area contributed by atoms with Crippen molar-refractivity contribution < 1.29 is 19.4 Å². The average Bonchev–Trinajstić information content (AvgIpc) is 2.61. The van der Waals surface area contributed by atoms with Gasteiger partial charge in [-0.25, -0.2) is 0 Å². The van der Waals surface area contributed by atoms with Crippen molar-refractivity contribution in [1.29, 1.82) is 0 Å². The van der Waals surface area contributed by atoms with Crippen LogP contribution in [0.1, 0.15) is 46.0 Å². The molecule has 1 fully saturated rings. The van der Waals surface area contributed by atoms with Gasteiger partial charge in [-0.05, 0) is 12.8 Å². The van der Waals surface area contributed by atoms with Gasteiger partial charge >= 0.3 is 5.97 Å². The summed E-state index contributed by atoms with van der Waals surface area (Å²) in [6.45, 7) is 3.83. The highest BCUT2D eigenvalue weighted by molar-refractivity contribution is 5.81. The zero-order valence-electron chi connectivity index (χ0n) is 10.6. The Kier molecular flexibility index (Phi) is 5.62. The Morgan fingerprint density at radius 2 is 2.29 bits per heavy atom. The summed E-state index contributed by atoms with van der Waals surface area (Å²) >= 11 is 0. The summed E-state index contributed by atoms with van der Waals surface area (Å²) in [6.07, 6.45) is 3.02. The number of rotatable bonds is 7. The Labute approximate surface area is 102 Å². The van der Waals surface area contributed by atoms with Crippen LogP contribution in [0.3, 0.4) is 0 Å². The van der Waals surface area contributed by atoms with Gasteiger partial charge < -0.3 is 9.84 Å². The minimum absolute atomic E-state index is 0.0875. The molecule has 0 bridgehead atoms. The first-order valence-electron chi connectivity index (χ1n) is 6.41. The Bertz CT molecular complexity index is 275. The molecule has 1 heterocycles. The molecule has 4 heteroatoms. The maximum Gasteiger partial charge on any atom is 0.306 e. The molecular weight excluding hydrogens is 220 g/mol. The fourth-order valence-corrected chi connectivity index (χ4v) is 2.15. The number of cyclic esters (lactones) is 1. The van der Waals surface area contributed by atoms with Crippen LogP contribution in [0.2, 0.25) is 0 Å². The minimum atomic E-state index is -0.375. The van der Waals surface area contributed by atoms with E-state index in [2.05, 4.69) is 0 Å². The summed E-state index contributed by atoms with van der Waals surface area (Å²) in [5.74, 6) is -0.333. The number of carbonyl (C=O) groups excluding carboxylic acids is 2. The molecule has 1 aliphatic heterocycles. The second-order valence-corrected chi connectivity index (χ2v) is 4.89. The van der Waals surface area contributed by atoms with Gasteiger partial charge in [0.15, 0.2) is 0 Å². The third kappa shape index (κ3) is 4.11. The molecule has 1 rings (SSSR count). The van der Waals surface area contributed by atoms with E-state index in [0.717, 1.165) is 12.8 Å². The highest BCUT2D eigenvalue weighted by Crippen LogP contribution is 2.27. The smallest absolute Gasteiger partial charge is 0.306 e. The topological polar surface area (TPSA) is 63.6 Å². The molecule has 0 amide bonds. The van der Waals surface area contributed by atoms with E-state index in [9.17, 15) is 14.7 Å². The third-order valence-electron chi connectivity index (χ3n) is 3.38. The first-order valence-corrected chi connectivity index (χ1v) is 6.41. The third-order valence-corrected chi connectivity index (χ3v) is 3.38. The van der Waals surface area contributed by atoms with Gasteiger partial charge in [-0.1, -0.05) is 20.3 Å². The Morgan fingerprint density at radius 3 is 2.76 bits per heavy atom. The van der Waals surface area contributed by atoms with Gasteiger partial charge in [-0.3, -0.25) is 9.59 Å². The largest absolute Gasteiger partial charge is 0.462 e. The van der Waals surface area contributed by atoms with Crippen LogP contribution in [0.15, 0.2) is 0 Å². The van der Waals surface area contributed by atoms with E-state index >= 15 is 0 Å². The van der Waals surface area contributed by atoms with Crippen LogP contribution in [0.5, 0.6) is 0 Å².